The number of aromatic nitrogens is 1. The molecule has 0 radical (unpaired) electrons. The molecule has 3 rings (SSSR count). The quantitative estimate of drug-likeness (QED) is 0.880. The monoisotopic (exact) mass is 323 g/mol. The van der Waals surface area contributed by atoms with Crippen molar-refractivity contribution in [2.45, 2.75) is 20.3 Å². The Hall–Kier alpha value is -3.02. The summed E-state index contributed by atoms with van der Waals surface area (Å²) in [4.78, 5) is 41.1. The number of carbonyl (C=O) groups is 3. The van der Waals surface area contributed by atoms with Crippen LogP contribution in [0, 0.1) is 0 Å². The van der Waals surface area contributed by atoms with Crippen LogP contribution in [0.2, 0.25) is 0 Å². The van der Waals surface area contributed by atoms with Crippen molar-refractivity contribution in [1.82, 2.24) is 4.98 Å². The summed E-state index contributed by atoms with van der Waals surface area (Å²) >= 11 is 0. The molecule has 6 heteroatoms. The van der Waals surface area contributed by atoms with E-state index in [1.165, 1.54) is 20.0 Å². The van der Waals surface area contributed by atoms with E-state index in [2.05, 4.69) is 10.3 Å². The van der Waals surface area contributed by atoms with Crippen LogP contribution in [0.4, 0.5) is 11.5 Å². The van der Waals surface area contributed by atoms with E-state index in [-0.39, 0.29) is 17.6 Å². The lowest BCUT2D eigenvalue weighted by Crippen LogP contribution is -2.29. The average molecular weight is 323 g/mol. The summed E-state index contributed by atoms with van der Waals surface area (Å²) in [5.74, 6) is -0.0370. The van der Waals surface area contributed by atoms with Gasteiger partial charge in [0.25, 0.3) is 5.91 Å². The molecule has 1 aromatic carbocycles. The molecule has 6 nitrogen and oxygen atoms in total. The SMILES string of the molecule is CC(=O)Nc1cc(C(=O)N2CCc3cc(C(C)=O)ccc32)ccn1. The number of pyridine rings is 1. The number of nitrogens with one attached hydrogen (secondary N) is 1. The number of hydrogen-bond donors (Lipinski definition) is 1. The second-order valence-corrected chi connectivity index (χ2v) is 5.72. The molecule has 2 amide bonds. The zero-order chi connectivity index (χ0) is 17.3. The van der Waals surface area contributed by atoms with Crippen molar-refractivity contribution in [2.24, 2.45) is 0 Å². The highest BCUT2D eigenvalue weighted by Crippen LogP contribution is 2.30. The molecule has 0 unspecified atom stereocenters. The Morgan fingerprint density at radius 2 is 1.88 bits per heavy atom. The fourth-order valence-corrected chi connectivity index (χ4v) is 2.80. The molecule has 1 aliphatic heterocycles. The minimum Gasteiger partial charge on any atom is -0.311 e. The fraction of sp³-hybridized carbons (Fsp3) is 0.222. The third kappa shape index (κ3) is 3.03. The molecule has 0 bridgehead atoms. The van der Waals surface area contributed by atoms with Crippen molar-refractivity contribution >= 4 is 29.1 Å². The Balaban J connectivity index is 1.88. The van der Waals surface area contributed by atoms with E-state index in [0.717, 1.165) is 11.3 Å². The van der Waals surface area contributed by atoms with Crippen LogP contribution in [0.25, 0.3) is 0 Å². The Kier molecular flexibility index (Phi) is 4.12. The highest BCUT2D eigenvalue weighted by atomic mass is 16.2. The zero-order valence-electron chi connectivity index (χ0n) is 13.5. The normalized spacial score (nSPS) is 12.7. The summed E-state index contributed by atoms with van der Waals surface area (Å²) in [5, 5.41) is 2.57. The number of anilines is 2. The van der Waals surface area contributed by atoms with Crippen molar-refractivity contribution in [3.63, 3.8) is 0 Å². The third-order valence-corrected chi connectivity index (χ3v) is 3.94. The third-order valence-electron chi connectivity index (χ3n) is 3.94. The first-order valence-electron chi connectivity index (χ1n) is 7.65. The van der Waals surface area contributed by atoms with E-state index in [1.54, 1.807) is 23.1 Å². The second-order valence-electron chi connectivity index (χ2n) is 5.72. The van der Waals surface area contributed by atoms with Gasteiger partial charge in [0.15, 0.2) is 5.78 Å². The van der Waals surface area contributed by atoms with Crippen molar-refractivity contribution < 1.29 is 14.4 Å². The van der Waals surface area contributed by atoms with Gasteiger partial charge in [0.1, 0.15) is 5.82 Å². The van der Waals surface area contributed by atoms with Crippen LogP contribution < -0.4 is 10.2 Å². The summed E-state index contributed by atoms with van der Waals surface area (Å²) in [6, 6.07) is 8.58. The summed E-state index contributed by atoms with van der Waals surface area (Å²) < 4.78 is 0. The molecule has 0 saturated heterocycles. The van der Waals surface area contributed by atoms with Crippen LogP contribution >= 0.6 is 0 Å². The zero-order valence-corrected chi connectivity index (χ0v) is 13.5. The van der Waals surface area contributed by atoms with Gasteiger partial charge in [-0.1, -0.05) is 0 Å². The molecule has 0 spiro atoms. The standard InChI is InChI=1S/C18H17N3O3/c1-11(22)13-3-4-16-14(9-13)6-8-21(16)18(24)15-5-7-19-17(10-15)20-12(2)23/h3-5,7,9-10H,6,8H2,1-2H3,(H,19,20,23). The van der Waals surface area contributed by atoms with Crippen LogP contribution in [-0.4, -0.2) is 29.1 Å². The molecule has 1 aromatic heterocycles. The summed E-state index contributed by atoms with van der Waals surface area (Å²) in [5.41, 5.74) is 2.92. The van der Waals surface area contributed by atoms with Crippen LogP contribution in [0.5, 0.6) is 0 Å². The minimum absolute atomic E-state index is 0.0108. The Bertz CT molecular complexity index is 845. The summed E-state index contributed by atoms with van der Waals surface area (Å²) in [6.07, 6.45) is 2.21. The van der Waals surface area contributed by atoms with E-state index in [4.69, 9.17) is 0 Å². The first-order chi connectivity index (χ1) is 11.5. The van der Waals surface area contributed by atoms with Crippen molar-refractivity contribution in [3.05, 3.63) is 53.2 Å². The van der Waals surface area contributed by atoms with Crippen LogP contribution in [0.3, 0.4) is 0 Å². The molecule has 24 heavy (non-hydrogen) atoms. The maximum Gasteiger partial charge on any atom is 0.258 e. The molecule has 0 saturated carbocycles. The van der Waals surface area contributed by atoms with Crippen LogP contribution in [0.1, 0.15) is 40.1 Å². The van der Waals surface area contributed by atoms with Gasteiger partial charge in [-0.15, -0.1) is 0 Å². The van der Waals surface area contributed by atoms with Crippen LogP contribution in [-0.2, 0) is 11.2 Å². The van der Waals surface area contributed by atoms with Gasteiger partial charge in [-0.25, -0.2) is 4.98 Å². The lowest BCUT2D eigenvalue weighted by atomic mass is 10.1. The first-order valence-corrected chi connectivity index (χ1v) is 7.65. The number of rotatable bonds is 3. The van der Waals surface area contributed by atoms with Gasteiger partial charge in [-0.05, 0) is 49.2 Å². The smallest absolute Gasteiger partial charge is 0.258 e. The number of nitrogens with zero attached hydrogens (tertiary/aromatic N) is 2. The molecule has 0 atom stereocenters. The number of carbonyl (C=O) groups excluding carboxylic acids is 3. The van der Waals surface area contributed by atoms with Gasteiger partial charge in [0.05, 0.1) is 0 Å². The highest BCUT2D eigenvalue weighted by molar-refractivity contribution is 6.08. The molecule has 1 aliphatic rings. The molecule has 0 aliphatic carbocycles. The molecule has 2 heterocycles. The highest BCUT2D eigenvalue weighted by Gasteiger charge is 2.26. The Morgan fingerprint density at radius 3 is 2.58 bits per heavy atom. The first kappa shape index (κ1) is 15.9. The minimum atomic E-state index is -0.240. The number of amides is 2. The van der Waals surface area contributed by atoms with E-state index >= 15 is 0 Å². The second kappa shape index (κ2) is 6.23. The lowest BCUT2D eigenvalue weighted by Gasteiger charge is -2.18. The maximum atomic E-state index is 12.8. The predicted octanol–water partition coefficient (Wildman–Crippen LogP) is 2.45. The molecule has 122 valence electrons. The lowest BCUT2D eigenvalue weighted by molar-refractivity contribution is -0.114. The summed E-state index contributed by atoms with van der Waals surface area (Å²) in [7, 11) is 0. The number of hydrogen-bond acceptors (Lipinski definition) is 4. The van der Waals surface area contributed by atoms with Crippen molar-refractivity contribution in [1.29, 1.82) is 0 Å². The molecular formula is C18H17N3O3. The Labute approximate surface area is 139 Å². The molecule has 0 fully saturated rings. The van der Waals surface area contributed by atoms with Gasteiger partial charge < -0.3 is 10.2 Å². The summed E-state index contributed by atoms with van der Waals surface area (Å²) in [6.45, 7) is 3.48. The van der Waals surface area contributed by atoms with E-state index in [0.29, 0.717) is 29.9 Å². The van der Waals surface area contributed by atoms with Gasteiger partial charge >= 0.3 is 0 Å². The van der Waals surface area contributed by atoms with Crippen LogP contribution in [0.15, 0.2) is 36.5 Å². The van der Waals surface area contributed by atoms with E-state index < -0.39 is 0 Å². The number of Topliss-reactive ketones (excluding diaryl/α,β-unsaturated/α-hetero) is 1. The topological polar surface area (TPSA) is 79.4 Å². The van der Waals surface area contributed by atoms with Crippen molar-refractivity contribution in [2.75, 3.05) is 16.8 Å². The Morgan fingerprint density at radius 1 is 1.08 bits per heavy atom. The van der Waals surface area contributed by atoms with Gasteiger partial charge in [-0.3, -0.25) is 14.4 Å². The fourth-order valence-electron chi connectivity index (χ4n) is 2.80. The van der Waals surface area contributed by atoms with Gasteiger partial charge in [-0.2, -0.15) is 0 Å². The number of benzene rings is 1. The van der Waals surface area contributed by atoms with E-state index in [1.807, 2.05) is 12.1 Å². The van der Waals surface area contributed by atoms with Gasteiger partial charge in [0.2, 0.25) is 5.91 Å². The van der Waals surface area contributed by atoms with E-state index in [9.17, 15) is 14.4 Å². The van der Waals surface area contributed by atoms with Gasteiger partial charge in [0, 0.05) is 36.5 Å². The van der Waals surface area contributed by atoms with Crippen molar-refractivity contribution in [3.8, 4) is 0 Å². The average Bonchev–Trinajstić information content (AvgIpc) is 2.96. The number of fused-ring (bicyclic) bond motifs is 1. The molecule has 2 aromatic rings. The predicted molar refractivity (Wildman–Crippen MR) is 90.4 cm³/mol. The molecular weight excluding hydrogens is 306 g/mol. The maximum absolute atomic E-state index is 12.8. The number of ketones is 1. The molecule has 1 N–H and O–H groups in total. The largest absolute Gasteiger partial charge is 0.311 e.